The van der Waals surface area contributed by atoms with E-state index >= 15 is 0 Å². The number of hydrogen-bond acceptors (Lipinski definition) is 3. The Morgan fingerprint density at radius 1 is 1.37 bits per heavy atom. The highest BCUT2D eigenvalue weighted by molar-refractivity contribution is 9.10. The number of likely N-dealkylation sites (tertiary alicyclic amines) is 1. The molecule has 0 aromatic heterocycles. The van der Waals surface area contributed by atoms with Gasteiger partial charge in [-0.3, -0.25) is 0 Å². The van der Waals surface area contributed by atoms with Gasteiger partial charge in [0.15, 0.2) is 0 Å². The minimum atomic E-state index is -3.38. The minimum Gasteiger partial charge on any atom is -0.302 e. The van der Waals surface area contributed by atoms with Gasteiger partial charge in [-0.2, -0.15) is 4.31 Å². The summed E-state index contributed by atoms with van der Waals surface area (Å²) in [7, 11) is 0.329. The van der Waals surface area contributed by atoms with Gasteiger partial charge in [0.2, 0.25) is 10.0 Å². The van der Waals surface area contributed by atoms with Crippen molar-refractivity contribution < 1.29 is 8.42 Å². The number of sulfonamides is 1. The summed E-state index contributed by atoms with van der Waals surface area (Å²) in [6.45, 7) is 1.60. The molecule has 0 saturated carbocycles. The van der Waals surface area contributed by atoms with Crippen molar-refractivity contribution in [2.75, 3.05) is 27.2 Å². The Hall–Kier alpha value is -0.430. The second-order valence-corrected chi connectivity index (χ2v) is 7.98. The second-order valence-electron chi connectivity index (χ2n) is 5.02. The van der Waals surface area contributed by atoms with Gasteiger partial charge in [0, 0.05) is 24.1 Å². The first kappa shape index (κ1) is 15.0. The standard InChI is InChI=1S/C13H19BrN2O2S/c1-15-9-3-4-12(15)10-16(2)19(17,18)13-7-5-11(14)6-8-13/h5-8,12H,3-4,9-10H2,1-2H3. The molecule has 6 heteroatoms. The maximum atomic E-state index is 12.4. The Morgan fingerprint density at radius 2 is 2.00 bits per heavy atom. The average molecular weight is 347 g/mol. The third kappa shape index (κ3) is 3.37. The van der Waals surface area contributed by atoms with Crippen LogP contribution in [0.15, 0.2) is 33.6 Å². The van der Waals surface area contributed by atoms with E-state index in [1.807, 2.05) is 0 Å². The second kappa shape index (κ2) is 5.91. The van der Waals surface area contributed by atoms with E-state index in [0.29, 0.717) is 17.5 Å². The Bertz CT molecular complexity index is 530. The van der Waals surface area contributed by atoms with Gasteiger partial charge in [0.1, 0.15) is 0 Å². The maximum Gasteiger partial charge on any atom is 0.242 e. The van der Waals surface area contributed by atoms with Gasteiger partial charge >= 0.3 is 0 Å². The quantitative estimate of drug-likeness (QED) is 0.838. The summed E-state index contributed by atoms with van der Waals surface area (Å²) in [6.07, 6.45) is 2.21. The molecule has 1 aliphatic heterocycles. The van der Waals surface area contributed by atoms with Crippen molar-refractivity contribution in [1.82, 2.24) is 9.21 Å². The number of benzene rings is 1. The molecule has 1 heterocycles. The number of halogens is 1. The fourth-order valence-electron chi connectivity index (χ4n) is 2.39. The van der Waals surface area contributed by atoms with Crippen molar-refractivity contribution in [2.24, 2.45) is 0 Å². The summed E-state index contributed by atoms with van der Waals surface area (Å²) in [5, 5.41) is 0. The summed E-state index contributed by atoms with van der Waals surface area (Å²) >= 11 is 3.31. The van der Waals surface area contributed by atoms with Crippen LogP contribution >= 0.6 is 15.9 Å². The summed E-state index contributed by atoms with van der Waals surface area (Å²) in [5.74, 6) is 0. The van der Waals surface area contributed by atoms with Crippen LogP contribution < -0.4 is 0 Å². The molecule has 1 aromatic carbocycles. The fraction of sp³-hybridized carbons (Fsp3) is 0.538. The minimum absolute atomic E-state index is 0.329. The van der Waals surface area contributed by atoms with Crippen molar-refractivity contribution in [3.63, 3.8) is 0 Å². The Labute approximate surface area is 123 Å². The van der Waals surface area contributed by atoms with Gasteiger partial charge in [-0.1, -0.05) is 15.9 Å². The Balaban J connectivity index is 2.12. The highest BCUT2D eigenvalue weighted by Gasteiger charge is 2.27. The van der Waals surface area contributed by atoms with Crippen LogP contribution in [0.25, 0.3) is 0 Å². The van der Waals surface area contributed by atoms with Gasteiger partial charge in [-0.05, 0) is 50.7 Å². The highest BCUT2D eigenvalue weighted by Crippen LogP contribution is 2.21. The maximum absolute atomic E-state index is 12.4. The van der Waals surface area contributed by atoms with Gasteiger partial charge in [-0.15, -0.1) is 0 Å². The molecule has 0 amide bonds. The van der Waals surface area contributed by atoms with E-state index in [1.54, 1.807) is 31.3 Å². The smallest absolute Gasteiger partial charge is 0.242 e. The van der Waals surface area contributed by atoms with Crippen LogP contribution in [0, 0.1) is 0 Å². The molecule has 106 valence electrons. The van der Waals surface area contributed by atoms with E-state index in [9.17, 15) is 8.42 Å². The molecule has 19 heavy (non-hydrogen) atoms. The molecule has 1 atom stereocenters. The first-order valence-corrected chi connectivity index (χ1v) is 8.57. The topological polar surface area (TPSA) is 40.6 Å². The van der Waals surface area contributed by atoms with Crippen LogP contribution in [0.5, 0.6) is 0 Å². The summed E-state index contributed by atoms with van der Waals surface area (Å²) in [6, 6.07) is 7.10. The van der Waals surface area contributed by atoms with Crippen molar-refractivity contribution in [2.45, 2.75) is 23.8 Å². The molecular weight excluding hydrogens is 328 g/mol. The number of nitrogens with zero attached hydrogens (tertiary/aromatic N) is 2. The predicted molar refractivity (Wildman–Crippen MR) is 79.6 cm³/mol. The van der Waals surface area contributed by atoms with Crippen molar-refractivity contribution >= 4 is 26.0 Å². The monoisotopic (exact) mass is 346 g/mol. The molecule has 1 aliphatic rings. The van der Waals surface area contributed by atoms with Crippen LogP contribution in [0.1, 0.15) is 12.8 Å². The Kier molecular flexibility index (Phi) is 4.66. The van der Waals surface area contributed by atoms with Gasteiger partial charge in [0.05, 0.1) is 4.90 Å². The molecule has 4 nitrogen and oxygen atoms in total. The van der Waals surface area contributed by atoms with Crippen LogP contribution in [0.3, 0.4) is 0 Å². The molecule has 1 unspecified atom stereocenters. The molecule has 1 aromatic rings. The van der Waals surface area contributed by atoms with Crippen molar-refractivity contribution in [3.05, 3.63) is 28.7 Å². The third-order valence-corrected chi connectivity index (χ3v) is 6.03. The SMILES string of the molecule is CN1CCCC1CN(C)S(=O)(=O)c1ccc(Br)cc1. The third-order valence-electron chi connectivity index (χ3n) is 3.66. The normalized spacial score (nSPS) is 21.2. The zero-order valence-electron chi connectivity index (χ0n) is 11.2. The molecule has 1 fully saturated rings. The number of likely N-dealkylation sites (N-methyl/N-ethyl adjacent to an activating group) is 2. The molecule has 2 rings (SSSR count). The van der Waals surface area contributed by atoms with Crippen molar-refractivity contribution in [1.29, 1.82) is 0 Å². The lowest BCUT2D eigenvalue weighted by atomic mass is 10.2. The van der Waals surface area contributed by atoms with Gasteiger partial charge < -0.3 is 4.90 Å². The zero-order chi connectivity index (χ0) is 14.0. The zero-order valence-corrected chi connectivity index (χ0v) is 13.6. The molecule has 0 bridgehead atoms. The van der Waals surface area contributed by atoms with E-state index in [4.69, 9.17) is 0 Å². The van der Waals surface area contributed by atoms with Gasteiger partial charge in [0.25, 0.3) is 0 Å². The lowest BCUT2D eigenvalue weighted by Gasteiger charge is -2.25. The number of rotatable bonds is 4. The highest BCUT2D eigenvalue weighted by atomic mass is 79.9. The van der Waals surface area contributed by atoms with E-state index in [2.05, 4.69) is 27.9 Å². The lowest BCUT2D eigenvalue weighted by Crippen LogP contribution is -2.39. The summed E-state index contributed by atoms with van der Waals surface area (Å²) in [4.78, 5) is 2.58. The van der Waals surface area contributed by atoms with Crippen LogP contribution in [-0.4, -0.2) is 50.8 Å². The average Bonchev–Trinajstić information content (AvgIpc) is 2.75. The first-order chi connectivity index (χ1) is 8.91. The van der Waals surface area contributed by atoms with E-state index in [0.717, 1.165) is 23.9 Å². The lowest BCUT2D eigenvalue weighted by molar-refractivity contribution is 0.271. The molecule has 1 saturated heterocycles. The fourth-order valence-corrected chi connectivity index (χ4v) is 3.86. The Morgan fingerprint density at radius 3 is 2.53 bits per heavy atom. The van der Waals surface area contributed by atoms with E-state index in [1.165, 1.54) is 4.31 Å². The van der Waals surface area contributed by atoms with E-state index in [-0.39, 0.29) is 0 Å². The molecule has 0 radical (unpaired) electrons. The molecule has 0 spiro atoms. The summed E-state index contributed by atoms with van der Waals surface area (Å²) in [5.41, 5.74) is 0. The van der Waals surface area contributed by atoms with Crippen LogP contribution in [0.2, 0.25) is 0 Å². The van der Waals surface area contributed by atoms with Crippen molar-refractivity contribution in [3.8, 4) is 0 Å². The number of hydrogen-bond donors (Lipinski definition) is 0. The summed E-state index contributed by atoms with van der Waals surface area (Å²) < 4.78 is 27.2. The first-order valence-electron chi connectivity index (χ1n) is 6.33. The predicted octanol–water partition coefficient (Wildman–Crippen LogP) is 2.16. The molecular formula is C13H19BrN2O2S. The van der Waals surface area contributed by atoms with E-state index < -0.39 is 10.0 Å². The molecule has 0 aliphatic carbocycles. The molecule has 0 N–H and O–H groups in total. The van der Waals surface area contributed by atoms with Crippen LogP contribution in [-0.2, 0) is 10.0 Å². The van der Waals surface area contributed by atoms with Crippen LogP contribution in [0.4, 0.5) is 0 Å². The largest absolute Gasteiger partial charge is 0.302 e. The van der Waals surface area contributed by atoms with Gasteiger partial charge in [-0.25, -0.2) is 8.42 Å².